The van der Waals surface area contributed by atoms with E-state index in [2.05, 4.69) is 0 Å². The number of hydrogen-bond acceptors (Lipinski definition) is 1. The second-order valence-corrected chi connectivity index (χ2v) is 6.96. The fraction of sp³-hybridized carbons (Fsp3) is 1.00. The highest BCUT2D eigenvalue weighted by molar-refractivity contribution is 5.20. The molecule has 1 nitrogen and oxygen atoms in total. The highest BCUT2D eigenvalue weighted by atomic mass is 16.3. The molecule has 6 fully saturated rings. The van der Waals surface area contributed by atoms with E-state index in [1.165, 1.54) is 19.3 Å². The van der Waals surface area contributed by atoms with Crippen molar-refractivity contribution in [2.75, 3.05) is 0 Å². The first-order chi connectivity index (χ1) is 6.75. The third-order valence-electron chi connectivity index (χ3n) is 6.73. The summed E-state index contributed by atoms with van der Waals surface area (Å²) in [6.45, 7) is 0. The molecule has 6 aliphatic rings. The Morgan fingerprint density at radius 1 is 0.786 bits per heavy atom. The zero-order valence-corrected chi connectivity index (χ0v) is 8.52. The van der Waals surface area contributed by atoms with Crippen LogP contribution in [0.2, 0.25) is 0 Å². The van der Waals surface area contributed by atoms with Crippen LogP contribution in [0.4, 0.5) is 0 Å². The highest BCUT2D eigenvalue weighted by Gasteiger charge is 2.70. The molecule has 0 aromatic carbocycles. The van der Waals surface area contributed by atoms with Gasteiger partial charge >= 0.3 is 0 Å². The molecule has 0 aromatic heterocycles. The maximum absolute atomic E-state index is 10.5. The molecule has 0 aromatic rings. The zero-order valence-electron chi connectivity index (χ0n) is 8.52. The Kier molecular flexibility index (Phi) is 0.942. The third-order valence-corrected chi connectivity index (χ3v) is 6.73. The Morgan fingerprint density at radius 3 is 2.00 bits per heavy atom. The summed E-state index contributed by atoms with van der Waals surface area (Å²) in [5, 5.41) is 10.5. The van der Waals surface area contributed by atoms with Crippen molar-refractivity contribution in [2.45, 2.75) is 37.7 Å². The molecule has 0 radical (unpaired) electrons. The Hall–Kier alpha value is -0.0400. The highest BCUT2D eigenvalue weighted by Crippen LogP contribution is 2.75. The van der Waals surface area contributed by atoms with E-state index < -0.39 is 0 Å². The molecule has 4 unspecified atom stereocenters. The van der Waals surface area contributed by atoms with E-state index in [-0.39, 0.29) is 5.60 Å². The first-order valence-corrected chi connectivity index (χ1v) is 6.48. The molecule has 6 rings (SSSR count). The number of hydrogen-bond donors (Lipinski definition) is 1. The van der Waals surface area contributed by atoms with E-state index in [9.17, 15) is 5.11 Å². The summed E-state index contributed by atoms with van der Waals surface area (Å²) in [6, 6.07) is 0. The van der Waals surface area contributed by atoms with Gasteiger partial charge in [-0.15, -0.1) is 0 Å². The maximum atomic E-state index is 10.5. The lowest BCUT2D eigenvalue weighted by atomic mass is 9.47. The standard InChI is InChI=1S/C13H18O/c14-13-3-9-7-1-6-2-8(9)11(5-13)12(6)10(7)4-13/h6-12,14H,1-5H2. The van der Waals surface area contributed by atoms with Gasteiger partial charge in [-0.1, -0.05) is 0 Å². The Morgan fingerprint density at radius 2 is 1.36 bits per heavy atom. The van der Waals surface area contributed by atoms with Crippen LogP contribution in [0.15, 0.2) is 0 Å². The minimum Gasteiger partial charge on any atom is -0.390 e. The topological polar surface area (TPSA) is 20.2 Å². The summed E-state index contributed by atoms with van der Waals surface area (Å²) in [5.74, 6) is 7.15. The molecule has 1 N–H and O–H groups in total. The van der Waals surface area contributed by atoms with Gasteiger partial charge in [0.05, 0.1) is 5.60 Å². The number of rotatable bonds is 0. The van der Waals surface area contributed by atoms with Crippen molar-refractivity contribution in [1.29, 1.82) is 0 Å². The van der Waals surface area contributed by atoms with Crippen molar-refractivity contribution in [1.82, 2.24) is 0 Å². The van der Waals surface area contributed by atoms with Crippen LogP contribution in [0.5, 0.6) is 0 Å². The van der Waals surface area contributed by atoms with Crippen LogP contribution in [0.3, 0.4) is 0 Å². The minimum atomic E-state index is -0.192. The molecule has 14 heavy (non-hydrogen) atoms. The molecule has 76 valence electrons. The summed E-state index contributed by atoms with van der Waals surface area (Å²) in [4.78, 5) is 0. The first-order valence-electron chi connectivity index (χ1n) is 6.48. The van der Waals surface area contributed by atoms with Gasteiger partial charge in [0.2, 0.25) is 0 Å². The fourth-order valence-electron chi connectivity index (χ4n) is 6.79. The molecule has 0 heterocycles. The van der Waals surface area contributed by atoms with Gasteiger partial charge in [0.1, 0.15) is 0 Å². The van der Waals surface area contributed by atoms with E-state index in [0.29, 0.717) is 0 Å². The third kappa shape index (κ3) is 0.553. The normalized spacial score (nSPS) is 76.5. The molecule has 0 aliphatic heterocycles. The summed E-state index contributed by atoms with van der Waals surface area (Å²) in [6.07, 6.45) is 6.62. The molecular formula is C13H18O. The van der Waals surface area contributed by atoms with E-state index in [1.54, 1.807) is 12.8 Å². The summed E-state index contributed by atoms with van der Waals surface area (Å²) in [7, 11) is 0. The molecule has 0 saturated heterocycles. The molecule has 6 aliphatic carbocycles. The monoisotopic (exact) mass is 190 g/mol. The van der Waals surface area contributed by atoms with Crippen LogP contribution in [0.1, 0.15) is 32.1 Å². The van der Waals surface area contributed by atoms with Crippen molar-refractivity contribution < 1.29 is 5.11 Å². The molecule has 1 heteroatoms. The van der Waals surface area contributed by atoms with E-state index in [1.807, 2.05) is 0 Å². The van der Waals surface area contributed by atoms with Crippen LogP contribution in [0.25, 0.3) is 0 Å². The smallest absolute Gasteiger partial charge is 0.0656 e. The first kappa shape index (κ1) is 7.27. The summed E-state index contributed by atoms with van der Waals surface area (Å²) < 4.78 is 0. The second kappa shape index (κ2) is 1.81. The molecular weight excluding hydrogens is 172 g/mol. The van der Waals surface area contributed by atoms with Crippen molar-refractivity contribution in [3.05, 3.63) is 0 Å². The lowest BCUT2D eigenvalue weighted by Gasteiger charge is -2.60. The molecule has 4 atom stereocenters. The lowest BCUT2D eigenvalue weighted by Crippen LogP contribution is -2.58. The van der Waals surface area contributed by atoms with Crippen LogP contribution in [-0.2, 0) is 0 Å². The second-order valence-electron chi connectivity index (χ2n) is 6.96. The minimum absolute atomic E-state index is 0.192. The van der Waals surface area contributed by atoms with Gasteiger partial charge in [-0.05, 0) is 73.5 Å². The van der Waals surface area contributed by atoms with Crippen molar-refractivity contribution in [2.24, 2.45) is 41.4 Å². The van der Waals surface area contributed by atoms with Crippen LogP contribution in [0, 0.1) is 41.4 Å². The molecule has 6 saturated carbocycles. The summed E-state index contributed by atoms with van der Waals surface area (Å²) >= 11 is 0. The van der Waals surface area contributed by atoms with Crippen molar-refractivity contribution in [3.8, 4) is 0 Å². The Labute approximate surface area is 84.9 Å². The van der Waals surface area contributed by atoms with E-state index >= 15 is 0 Å². The lowest BCUT2D eigenvalue weighted by molar-refractivity contribution is -0.175. The van der Waals surface area contributed by atoms with Gasteiger partial charge in [0, 0.05) is 0 Å². The Bertz CT molecular complexity index is 283. The van der Waals surface area contributed by atoms with Gasteiger partial charge in [0.15, 0.2) is 0 Å². The number of aliphatic hydroxyl groups is 1. The van der Waals surface area contributed by atoms with Crippen molar-refractivity contribution >= 4 is 0 Å². The predicted octanol–water partition coefficient (Wildman–Crippen LogP) is 2.05. The Balaban J connectivity index is 1.75. The molecule has 0 amide bonds. The van der Waals surface area contributed by atoms with Gasteiger partial charge in [0.25, 0.3) is 0 Å². The average Bonchev–Trinajstić information content (AvgIpc) is 2.61. The quantitative estimate of drug-likeness (QED) is 0.620. The van der Waals surface area contributed by atoms with E-state index in [0.717, 1.165) is 41.4 Å². The van der Waals surface area contributed by atoms with Gasteiger partial charge in [-0.3, -0.25) is 0 Å². The fourth-order valence-corrected chi connectivity index (χ4v) is 6.79. The van der Waals surface area contributed by atoms with E-state index in [4.69, 9.17) is 0 Å². The maximum Gasteiger partial charge on any atom is 0.0656 e. The van der Waals surface area contributed by atoms with Crippen LogP contribution >= 0.6 is 0 Å². The summed E-state index contributed by atoms with van der Waals surface area (Å²) in [5.41, 5.74) is -0.192. The van der Waals surface area contributed by atoms with Gasteiger partial charge < -0.3 is 5.11 Å². The van der Waals surface area contributed by atoms with Gasteiger partial charge in [-0.25, -0.2) is 0 Å². The zero-order chi connectivity index (χ0) is 9.08. The van der Waals surface area contributed by atoms with Crippen molar-refractivity contribution in [3.63, 3.8) is 0 Å². The molecule has 7 bridgehead atoms. The van der Waals surface area contributed by atoms with Crippen LogP contribution in [-0.4, -0.2) is 10.7 Å². The van der Waals surface area contributed by atoms with Gasteiger partial charge in [-0.2, -0.15) is 0 Å². The predicted molar refractivity (Wildman–Crippen MR) is 52.5 cm³/mol. The largest absolute Gasteiger partial charge is 0.390 e. The average molecular weight is 190 g/mol. The van der Waals surface area contributed by atoms with Crippen LogP contribution < -0.4 is 0 Å². The SMILES string of the molecule is OC12CC3C4CC5CC3C(C1)C5C4C2. The molecule has 0 spiro atoms.